The number of rotatable bonds is 2. The summed E-state index contributed by atoms with van der Waals surface area (Å²) in [6, 6.07) is 1.97. The molecule has 0 bridgehead atoms. The summed E-state index contributed by atoms with van der Waals surface area (Å²) in [5, 5.41) is 15.4. The van der Waals surface area contributed by atoms with Crippen molar-refractivity contribution in [3.05, 3.63) is 27.8 Å². The van der Waals surface area contributed by atoms with Crippen molar-refractivity contribution in [3.8, 4) is 6.07 Å². The Morgan fingerprint density at radius 1 is 1.65 bits per heavy atom. The monoisotopic (exact) mass is 247 g/mol. The molecule has 0 saturated heterocycles. The molecule has 0 saturated carbocycles. The summed E-state index contributed by atoms with van der Waals surface area (Å²) in [5.74, 6) is 0.121. The number of nitriles is 1. The molecule has 17 heavy (non-hydrogen) atoms. The lowest BCUT2D eigenvalue weighted by molar-refractivity contribution is 0.102. The molecule has 2 rings (SSSR count). The van der Waals surface area contributed by atoms with Crippen LogP contribution < -0.4 is 5.32 Å². The molecule has 0 spiro atoms. The number of nitrogens with zero attached hydrogens (tertiary/aromatic N) is 4. The highest BCUT2D eigenvalue weighted by Gasteiger charge is 2.16. The topological polar surface area (TPSA) is 83.6 Å². The molecule has 2 heterocycles. The first-order valence-corrected chi connectivity index (χ1v) is 5.65. The first kappa shape index (κ1) is 11.3. The molecule has 0 aliphatic heterocycles. The van der Waals surface area contributed by atoms with Gasteiger partial charge in [-0.05, 0) is 6.92 Å². The first-order valence-electron chi connectivity index (χ1n) is 4.77. The highest BCUT2D eigenvalue weighted by Crippen LogP contribution is 2.17. The zero-order valence-corrected chi connectivity index (χ0v) is 10.1. The third kappa shape index (κ3) is 2.03. The minimum Gasteiger partial charge on any atom is -0.305 e. The molecule has 0 aromatic carbocycles. The lowest BCUT2D eigenvalue weighted by Crippen LogP contribution is -2.15. The normalized spacial score (nSPS) is 9.94. The van der Waals surface area contributed by atoms with Gasteiger partial charge in [-0.3, -0.25) is 9.48 Å². The molecule has 1 N–H and O–H groups in total. The van der Waals surface area contributed by atoms with E-state index in [0.717, 1.165) is 0 Å². The number of aryl methyl sites for hydroxylation is 2. The summed E-state index contributed by atoms with van der Waals surface area (Å²) in [6.07, 6.45) is 1.41. The fourth-order valence-electron chi connectivity index (χ4n) is 1.35. The van der Waals surface area contributed by atoms with Gasteiger partial charge in [0.15, 0.2) is 0 Å². The second kappa shape index (κ2) is 4.35. The van der Waals surface area contributed by atoms with Crippen molar-refractivity contribution in [2.24, 2.45) is 7.05 Å². The molecule has 0 aliphatic carbocycles. The SMILES string of the molecule is Cc1ncsc1C(=O)Nc1c(C#N)cnn1C. The van der Waals surface area contributed by atoms with Crippen LogP contribution in [0, 0.1) is 18.3 Å². The lowest BCUT2D eigenvalue weighted by atomic mass is 10.3. The maximum absolute atomic E-state index is 11.9. The van der Waals surface area contributed by atoms with Crippen molar-refractivity contribution in [1.29, 1.82) is 5.26 Å². The zero-order valence-electron chi connectivity index (χ0n) is 9.26. The van der Waals surface area contributed by atoms with Gasteiger partial charge in [0, 0.05) is 7.05 Å². The molecule has 1 amide bonds. The fourth-order valence-corrected chi connectivity index (χ4v) is 2.05. The lowest BCUT2D eigenvalue weighted by Gasteiger charge is -2.04. The van der Waals surface area contributed by atoms with Crippen molar-refractivity contribution < 1.29 is 4.79 Å². The molecule has 0 aliphatic rings. The summed E-state index contributed by atoms with van der Waals surface area (Å²) < 4.78 is 1.45. The number of nitrogens with one attached hydrogen (secondary N) is 1. The van der Waals surface area contributed by atoms with Gasteiger partial charge in [-0.2, -0.15) is 10.4 Å². The van der Waals surface area contributed by atoms with Gasteiger partial charge in [0.2, 0.25) is 0 Å². The van der Waals surface area contributed by atoms with Crippen molar-refractivity contribution >= 4 is 23.1 Å². The van der Waals surface area contributed by atoms with Crippen LogP contribution in [0.25, 0.3) is 0 Å². The van der Waals surface area contributed by atoms with E-state index in [1.807, 2.05) is 6.07 Å². The van der Waals surface area contributed by atoms with Gasteiger partial charge in [0.05, 0.1) is 17.4 Å². The Morgan fingerprint density at radius 3 is 3.00 bits per heavy atom. The molecule has 0 radical (unpaired) electrons. The average Bonchev–Trinajstić information content (AvgIpc) is 2.87. The van der Waals surface area contributed by atoms with Crippen LogP contribution in [0.2, 0.25) is 0 Å². The molecule has 0 atom stereocenters. The third-order valence-electron chi connectivity index (χ3n) is 2.24. The van der Waals surface area contributed by atoms with Crippen LogP contribution in [-0.4, -0.2) is 20.7 Å². The Balaban J connectivity index is 2.28. The van der Waals surface area contributed by atoms with Crippen molar-refractivity contribution in [3.63, 3.8) is 0 Å². The fraction of sp³-hybridized carbons (Fsp3) is 0.200. The van der Waals surface area contributed by atoms with E-state index < -0.39 is 0 Å². The van der Waals surface area contributed by atoms with Gasteiger partial charge < -0.3 is 5.32 Å². The summed E-state index contributed by atoms with van der Waals surface area (Å²) >= 11 is 1.26. The van der Waals surface area contributed by atoms with E-state index in [9.17, 15) is 4.79 Å². The van der Waals surface area contributed by atoms with Crippen LogP contribution in [-0.2, 0) is 7.05 Å². The number of anilines is 1. The number of amides is 1. The Morgan fingerprint density at radius 2 is 2.41 bits per heavy atom. The number of carbonyl (C=O) groups excluding carboxylic acids is 1. The molecule has 86 valence electrons. The molecule has 0 unspecified atom stereocenters. The van der Waals surface area contributed by atoms with Gasteiger partial charge >= 0.3 is 0 Å². The van der Waals surface area contributed by atoms with Gasteiger partial charge in [0.1, 0.15) is 22.3 Å². The summed E-state index contributed by atoms with van der Waals surface area (Å²) in [6.45, 7) is 1.76. The van der Waals surface area contributed by atoms with Gasteiger partial charge in [-0.15, -0.1) is 11.3 Å². The maximum atomic E-state index is 11.9. The maximum Gasteiger partial charge on any atom is 0.268 e. The van der Waals surface area contributed by atoms with Gasteiger partial charge in [-0.1, -0.05) is 0 Å². The Kier molecular flexibility index (Phi) is 2.89. The highest BCUT2D eigenvalue weighted by molar-refractivity contribution is 7.12. The second-order valence-corrected chi connectivity index (χ2v) is 4.22. The van der Waals surface area contributed by atoms with Gasteiger partial charge in [0.25, 0.3) is 5.91 Å². The standard InChI is InChI=1S/C10H9N5OS/c1-6-8(17-5-12-6)10(16)14-9-7(3-11)4-13-15(9)2/h4-5H,1-2H3,(H,14,16). The molecule has 6 nitrogen and oxygen atoms in total. The van der Waals surface area contributed by atoms with E-state index in [4.69, 9.17) is 5.26 Å². The second-order valence-electron chi connectivity index (χ2n) is 3.36. The van der Waals surface area contributed by atoms with E-state index in [-0.39, 0.29) is 5.91 Å². The van der Waals surface area contributed by atoms with Crippen molar-refractivity contribution in [1.82, 2.24) is 14.8 Å². The largest absolute Gasteiger partial charge is 0.305 e. The van der Waals surface area contributed by atoms with E-state index in [1.54, 1.807) is 19.5 Å². The van der Waals surface area contributed by atoms with Crippen LogP contribution in [0.4, 0.5) is 5.82 Å². The molecule has 2 aromatic rings. The molecular formula is C10H9N5OS. The van der Waals surface area contributed by atoms with E-state index in [0.29, 0.717) is 22.0 Å². The highest BCUT2D eigenvalue weighted by atomic mass is 32.1. The van der Waals surface area contributed by atoms with E-state index in [1.165, 1.54) is 22.2 Å². The van der Waals surface area contributed by atoms with Crippen LogP contribution in [0.1, 0.15) is 20.9 Å². The molecule has 2 aromatic heterocycles. The minimum atomic E-state index is -0.273. The molecule has 0 fully saturated rings. The number of hydrogen-bond donors (Lipinski definition) is 1. The number of hydrogen-bond acceptors (Lipinski definition) is 5. The molecular weight excluding hydrogens is 238 g/mol. The number of aromatic nitrogens is 3. The Hall–Kier alpha value is -2.20. The van der Waals surface area contributed by atoms with Crippen LogP contribution >= 0.6 is 11.3 Å². The smallest absolute Gasteiger partial charge is 0.268 e. The Bertz CT molecular complexity index is 606. The first-order chi connectivity index (χ1) is 8.13. The summed E-state index contributed by atoms with van der Waals surface area (Å²) in [7, 11) is 1.66. The Labute approximate surface area is 102 Å². The minimum absolute atomic E-state index is 0.273. The van der Waals surface area contributed by atoms with E-state index >= 15 is 0 Å². The van der Waals surface area contributed by atoms with Gasteiger partial charge in [-0.25, -0.2) is 4.98 Å². The predicted molar refractivity (Wildman–Crippen MR) is 62.7 cm³/mol. The average molecular weight is 247 g/mol. The zero-order chi connectivity index (χ0) is 12.4. The van der Waals surface area contributed by atoms with Crippen molar-refractivity contribution in [2.75, 3.05) is 5.32 Å². The van der Waals surface area contributed by atoms with Crippen LogP contribution in [0.15, 0.2) is 11.7 Å². The van der Waals surface area contributed by atoms with Crippen LogP contribution in [0.3, 0.4) is 0 Å². The van der Waals surface area contributed by atoms with Crippen LogP contribution in [0.5, 0.6) is 0 Å². The third-order valence-corrected chi connectivity index (χ3v) is 3.17. The summed E-state index contributed by atoms with van der Waals surface area (Å²) in [5.41, 5.74) is 2.62. The van der Waals surface area contributed by atoms with Crippen molar-refractivity contribution in [2.45, 2.75) is 6.92 Å². The summed E-state index contributed by atoms with van der Waals surface area (Å²) in [4.78, 5) is 16.5. The number of thiazole rings is 1. The van der Waals surface area contributed by atoms with E-state index in [2.05, 4.69) is 15.4 Å². The number of carbonyl (C=O) groups is 1. The molecule has 7 heteroatoms. The quantitative estimate of drug-likeness (QED) is 0.867. The predicted octanol–water partition coefficient (Wildman–Crippen LogP) is 1.31.